The molecule has 0 aliphatic carbocycles. The first-order chi connectivity index (χ1) is 8.58. The second kappa shape index (κ2) is 7.42. The molecule has 0 aromatic carbocycles. The summed E-state index contributed by atoms with van der Waals surface area (Å²) in [7, 11) is 0. The summed E-state index contributed by atoms with van der Waals surface area (Å²) in [5.74, 6) is -0.914. The van der Waals surface area contributed by atoms with Gasteiger partial charge >= 0.3 is 5.97 Å². The summed E-state index contributed by atoms with van der Waals surface area (Å²) in [6.45, 7) is 1.81. The van der Waals surface area contributed by atoms with Crippen LogP contribution < -0.4 is 5.32 Å². The van der Waals surface area contributed by atoms with Gasteiger partial charge in [-0.1, -0.05) is 6.07 Å². The third-order valence-corrected chi connectivity index (χ3v) is 2.53. The van der Waals surface area contributed by atoms with Crippen molar-refractivity contribution in [1.29, 1.82) is 0 Å². The van der Waals surface area contributed by atoms with Crippen molar-refractivity contribution in [2.24, 2.45) is 0 Å². The van der Waals surface area contributed by atoms with E-state index in [1.54, 1.807) is 6.20 Å². The highest BCUT2D eigenvalue weighted by Gasteiger charge is 2.09. The maximum Gasteiger partial charge on any atom is 0.303 e. The summed E-state index contributed by atoms with van der Waals surface area (Å²) in [5.41, 5.74) is 0.880. The topological polar surface area (TPSA) is 79.3 Å². The van der Waals surface area contributed by atoms with Gasteiger partial charge in [-0.2, -0.15) is 0 Å². The first-order valence-corrected chi connectivity index (χ1v) is 5.99. The number of carbonyl (C=O) groups is 2. The molecule has 0 aliphatic heterocycles. The van der Waals surface area contributed by atoms with Crippen molar-refractivity contribution in [1.82, 2.24) is 10.3 Å². The minimum atomic E-state index is -0.843. The number of hydrogen-bond donors (Lipinski definition) is 2. The van der Waals surface area contributed by atoms with Gasteiger partial charge in [0.2, 0.25) is 5.91 Å². The Morgan fingerprint density at radius 1 is 1.39 bits per heavy atom. The number of nitrogens with zero attached hydrogens (tertiary/aromatic N) is 1. The van der Waals surface area contributed by atoms with E-state index in [2.05, 4.69) is 10.3 Å². The van der Waals surface area contributed by atoms with Gasteiger partial charge in [-0.3, -0.25) is 14.6 Å². The number of carboxylic acids is 1. The molecule has 1 unspecified atom stereocenters. The molecule has 1 aromatic heterocycles. The molecule has 1 atom stereocenters. The van der Waals surface area contributed by atoms with Gasteiger partial charge in [-0.25, -0.2) is 0 Å². The molecule has 1 heterocycles. The number of aromatic nitrogens is 1. The van der Waals surface area contributed by atoms with E-state index in [0.29, 0.717) is 19.3 Å². The molecule has 0 fully saturated rings. The first-order valence-electron chi connectivity index (χ1n) is 5.99. The van der Waals surface area contributed by atoms with Crippen molar-refractivity contribution in [2.75, 3.05) is 0 Å². The SMILES string of the molecule is CC(CCC(=O)O)NC(=O)CCc1ccccn1. The van der Waals surface area contributed by atoms with Crippen LogP contribution in [0.3, 0.4) is 0 Å². The molecule has 18 heavy (non-hydrogen) atoms. The monoisotopic (exact) mass is 250 g/mol. The number of amides is 1. The number of aliphatic carboxylic acids is 1. The molecular formula is C13H18N2O3. The molecule has 5 heteroatoms. The highest BCUT2D eigenvalue weighted by atomic mass is 16.4. The number of carbonyl (C=O) groups excluding carboxylic acids is 1. The van der Waals surface area contributed by atoms with Crippen LogP contribution in [0.2, 0.25) is 0 Å². The fourth-order valence-electron chi connectivity index (χ4n) is 1.55. The van der Waals surface area contributed by atoms with Crippen molar-refractivity contribution >= 4 is 11.9 Å². The molecule has 0 saturated heterocycles. The molecule has 0 saturated carbocycles. The average molecular weight is 250 g/mol. The van der Waals surface area contributed by atoms with Gasteiger partial charge in [0.25, 0.3) is 0 Å². The second-order valence-corrected chi connectivity index (χ2v) is 4.22. The zero-order chi connectivity index (χ0) is 13.4. The lowest BCUT2D eigenvalue weighted by molar-refractivity contribution is -0.137. The van der Waals surface area contributed by atoms with Gasteiger partial charge in [0, 0.05) is 30.8 Å². The van der Waals surface area contributed by atoms with Crippen LogP contribution in [0.15, 0.2) is 24.4 Å². The minimum absolute atomic E-state index is 0.0708. The number of hydrogen-bond acceptors (Lipinski definition) is 3. The molecule has 2 N–H and O–H groups in total. The summed E-state index contributed by atoms with van der Waals surface area (Å²) >= 11 is 0. The number of aryl methyl sites for hydroxylation is 1. The van der Waals surface area contributed by atoms with Crippen LogP contribution >= 0.6 is 0 Å². The zero-order valence-electron chi connectivity index (χ0n) is 10.4. The Bertz CT molecular complexity index is 392. The smallest absolute Gasteiger partial charge is 0.303 e. The predicted octanol–water partition coefficient (Wildman–Crippen LogP) is 1.38. The average Bonchev–Trinajstić information content (AvgIpc) is 2.35. The van der Waals surface area contributed by atoms with Gasteiger partial charge in [0.15, 0.2) is 0 Å². The first kappa shape index (κ1) is 14.2. The normalized spacial score (nSPS) is 11.8. The lowest BCUT2D eigenvalue weighted by atomic mass is 10.1. The predicted molar refractivity (Wildman–Crippen MR) is 67.0 cm³/mol. The summed E-state index contributed by atoms with van der Waals surface area (Å²) in [6.07, 6.45) is 3.18. The standard InChI is InChI=1S/C13H18N2O3/c1-10(5-8-13(17)18)15-12(16)7-6-11-4-2-3-9-14-11/h2-4,9-10H,5-8H2,1H3,(H,15,16)(H,17,18). The Balaban J connectivity index is 2.23. The lowest BCUT2D eigenvalue weighted by Gasteiger charge is -2.12. The van der Waals surface area contributed by atoms with Gasteiger partial charge in [0.05, 0.1) is 0 Å². The Morgan fingerprint density at radius 3 is 2.78 bits per heavy atom. The summed E-state index contributed by atoms with van der Waals surface area (Å²) < 4.78 is 0. The van der Waals surface area contributed by atoms with Crippen LogP contribution in [0.25, 0.3) is 0 Å². The Kier molecular flexibility index (Phi) is 5.84. The van der Waals surface area contributed by atoms with Crippen LogP contribution in [0.1, 0.15) is 31.9 Å². The number of rotatable bonds is 7. The molecule has 0 spiro atoms. The number of pyridine rings is 1. The van der Waals surface area contributed by atoms with Crippen LogP contribution in [-0.2, 0) is 16.0 Å². The van der Waals surface area contributed by atoms with Crippen LogP contribution in [0.5, 0.6) is 0 Å². The van der Waals surface area contributed by atoms with Crippen molar-refractivity contribution in [3.05, 3.63) is 30.1 Å². The molecule has 1 rings (SSSR count). The maximum absolute atomic E-state index is 11.6. The maximum atomic E-state index is 11.6. The fraction of sp³-hybridized carbons (Fsp3) is 0.462. The Labute approximate surface area is 106 Å². The van der Waals surface area contributed by atoms with Gasteiger partial charge in [0.1, 0.15) is 0 Å². The van der Waals surface area contributed by atoms with Crippen LogP contribution in [0.4, 0.5) is 0 Å². The van der Waals surface area contributed by atoms with Gasteiger partial charge < -0.3 is 10.4 Å². The number of carboxylic acid groups (broad SMARTS) is 1. The van der Waals surface area contributed by atoms with E-state index in [-0.39, 0.29) is 18.4 Å². The second-order valence-electron chi connectivity index (χ2n) is 4.22. The van der Waals surface area contributed by atoms with E-state index in [1.165, 1.54) is 0 Å². The molecule has 98 valence electrons. The third kappa shape index (κ3) is 5.98. The quantitative estimate of drug-likeness (QED) is 0.766. The number of nitrogens with one attached hydrogen (secondary N) is 1. The van der Waals surface area contributed by atoms with E-state index >= 15 is 0 Å². The third-order valence-electron chi connectivity index (χ3n) is 2.53. The highest BCUT2D eigenvalue weighted by Crippen LogP contribution is 2.00. The molecule has 1 aromatic rings. The fourth-order valence-corrected chi connectivity index (χ4v) is 1.55. The summed E-state index contributed by atoms with van der Waals surface area (Å²) in [6, 6.07) is 5.48. The lowest BCUT2D eigenvalue weighted by Crippen LogP contribution is -2.33. The molecule has 1 amide bonds. The van der Waals surface area contributed by atoms with E-state index in [4.69, 9.17) is 5.11 Å². The molecule has 0 radical (unpaired) electrons. The Hall–Kier alpha value is -1.91. The summed E-state index contributed by atoms with van der Waals surface area (Å²) in [5, 5.41) is 11.3. The molecule has 5 nitrogen and oxygen atoms in total. The van der Waals surface area contributed by atoms with Crippen molar-refractivity contribution in [3.8, 4) is 0 Å². The van der Waals surface area contributed by atoms with E-state index in [9.17, 15) is 9.59 Å². The van der Waals surface area contributed by atoms with Crippen molar-refractivity contribution in [2.45, 2.75) is 38.6 Å². The largest absolute Gasteiger partial charge is 0.481 e. The zero-order valence-corrected chi connectivity index (χ0v) is 10.4. The van der Waals surface area contributed by atoms with E-state index < -0.39 is 5.97 Å². The van der Waals surface area contributed by atoms with E-state index in [0.717, 1.165) is 5.69 Å². The Morgan fingerprint density at radius 2 is 2.17 bits per heavy atom. The molecule has 0 bridgehead atoms. The van der Waals surface area contributed by atoms with E-state index in [1.807, 2.05) is 25.1 Å². The van der Waals surface area contributed by atoms with Gasteiger partial charge in [-0.15, -0.1) is 0 Å². The minimum Gasteiger partial charge on any atom is -0.481 e. The highest BCUT2D eigenvalue weighted by molar-refractivity contribution is 5.76. The molecular weight excluding hydrogens is 232 g/mol. The van der Waals surface area contributed by atoms with Crippen LogP contribution in [0, 0.1) is 0 Å². The summed E-state index contributed by atoms with van der Waals surface area (Å²) in [4.78, 5) is 26.1. The van der Waals surface area contributed by atoms with Gasteiger partial charge in [-0.05, 0) is 31.9 Å². The van der Waals surface area contributed by atoms with Crippen LogP contribution in [-0.4, -0.2) is 28.0 Å². The van der Waals surface area contributed by atoms with Crippen molar-refractivity contribution in [3.63, 3.8) is 0 Å². The van der Waals surface area contributed by atoms with Crippen molar-refractivity contribution < 1.29 is 14.7 Å². The molecule has 0 aliphatic rings.